The minimum absolute atomic E-state index is 0.0206. The molecule has 0 spiro atoms. The van der Waals surface area contributed by atoms with E-state index in [1.807, 2.05) is 50.2 Å². The zero-order valence-electron chi connectivity index (χ0n) is 18.1. The molecule has 160 valence electrons. The molecule has 1 aliphatic heterocycles. The lowest BCUT2D eigenvalue weighted by atomic mass is 9.69. The lowest BCUT2D eigenvalue weighted by Gasteiger charge is -2.47. The van der Waals surface area contributed by atoms with Crippen LogP contribution in [-0.2, 0) is 16.8 Å². The fraction of sp³-hybridized carbons (Fsp3) is 0.417. The van der Waals surface area contributed by atoms with Crippen molar-refractivity contribution >= 4 is 12.0 Å². The van der Waals surface area contributed by atoms with Crippen molar-refractivity contribution < 1.29 is 19.4 Å². The van der Waals surface area contributed by atoms with Gasteiger partial charge < -0.3 is 9.84 Å². The molecule has 0 saturated heterocycles. The molecule has 0 radical (unpaired) electrons. The van der Waals surface area contributed by atoms with E-state index >= 15 is 0 Å². The summed E-state index contributed by atoms with van der Waals surface area (Å²) in [7, 11) is 0. The lowest BCUT2D eigenvalue weighted by Crippen LogP contribution is -2.61. The first-order valence-corrected chi connectivity index (χ1v) is 10.3. The van der Waals surface area contributed by atoms with Crippen molar-refractivity contribution in [1.29, 1.82) is 0 Å². The smallest absolute Gasteiger partial charge is 0.426 e. The van der Waals surface area contributed by atoms with Gasteiger partial charge in [0.2, 0.25) is 0 Å². The molecule has 3 rings (SSSR count). The summed E-state index contributed by atoms with van der Waals surface area (Å²) in [6, 6.07) is 13.0. The molecule has 0 unspecified atom stereocenters. The van der Waals surface area contributed by atoms with Gasteiger partial charge in [-0.15, -0.1) is 0 Å². The summed E-state index contributed by atoms with van der Waals surface area (Å²) >= 11 is 0. The van der Waals surface area contributed by atoms with Crippen LogP contribution in [0, 0.1) is 13.8 Å². The number of carbonyl (C=O) groups is 2. The Hall–Kier alpha value is -2.86. The average Bonchev–Trinajstić information content (AvgIpc) is 2.70. The summed E-state index contributed by atoms with van der Waals surface area (Å²) < 4.78 is 5.34. The molecule has 1 heterocycles. The van der Waals surface area contributed by atoms with E-state index in [9.17, 15) is 14.7 Å². The first-order chi connectivity index (χ1) is 14.3. The monoisotopic (exact) mass is 410 g/mol. The predicted molar refractivity (Wildman–Crippen MR) is 115 cm³/mol. The van der Waals surface area contributed by atoms with Crippen molar-refractivity contribution in [3.05, 3.63) is 70.3 Å². The number of nitrogens with one attached hydrogen (secondary N) is 1. The fourth-order valence-corrected chi connectivity index (χ4v) is 4.51. The summed E-state index contributed by atoms with van der Waals surface area (Å²) in [5.41, 5.74) is 6.78. The van der Waals surface area contributed by atoms with Crippen molar-refractivity contribution in [2.75, 3.05) is 6.61 Å². The van der Waals surface area contributed by atoms with Gasteiger partial charge in [0, 0.05) is 17.6 Å². The Kier molecular flexibility index (Phi) is 6.46. The number of fused-ring (bicyclic) bond motifs is 1. The summed E-state index contributed by atoms with van der Waals surface area (Å²) in [6.07, 6.45) is 0.407. The molecule has 6 heteroatoms. The number of aryl methyl sites for hydroxylation is 2. The number of amides is 2. The number of rotatable bonds is 6. The van der Waals surface area contributed by atoms with E-state index in [1.165, 1.54) is 5.01 Å². The lowest BCUT2D eigenvalue weighted by molar-refractivity contribution is 0.0268. The van der Waals surface area contributed by atoms with Gasteiger partial charge in [0.15, 0.2) is 0 Å². The molecule has 0 aliphatic carbocycles. The Morgan fingerprint density at radius 1 is 1.20 bits per heavy atom. The quantitative estimate of drug-likeness (QED) is 0.754. The van der Waals surface area contributed by atoms with Crippen molar-refractivity contribution in [3.8, 4) is 0 Å². The Morgan fingerprint density at radius 3 is 2.57 bits per heavy atom. The first-order valence-electron chi connectivity index (χ1n) is 10.3. The maximum absolute atomic E-state index is 13.4. The molecule has 2 aromatic rings. The van der Waals surface area contributed by atoms with Crippen LogP contribution in [0.15, 0.2) is 42.5 Å². The van der Waals surface area contributed by atoms with Gasteiger partial charge in [-0.2, -0.15) is 0 Å². The molecule has 0 fully saturated rings. The molecular formula is C24H30N2O4. The topological polar surface area (TPSA) is 78.9 Å². The molecule has 1 atom stereocenters. The second-order valence-corrected chi connectivity index (χ2v) is 8.46. The van der Waals surface area contributed by atoms with Crippen LogP contribution in [-0.4, -0.2) is 34.8 Å². The van der Waals surface area contributed by atoms with Gasteiger partial charge in [0.1, 0.15) is 6.61 Å². The van der Waals surface area contributed by atoms with Gasteiger partial charge in [0.05, 0.1) is 6.04 Å². The van der Waals surface area contributed by atoms with E-state index in [0.717, 1.165) is 22.3 Å². The molecule has 2 amide bonds. The Morgan fingerprint density at radius 2 is 1.90 bits per heavy atom. The number of aliphatic hydroxyl groups is 1. The SMILES string of the molecule is Cc1cc(C)c2c(c1)C(=O)N(NC(=O)OCc1ccccc1)[C@H](CCCO)C2(C)C. The van der Waals surface area contributed by atoms with Crippen LogP contribution in [0.2, 0.25) is 0 Å². The average molecular weight is 411 g/mol. The molecule has 6 nitrogen and oxygen atoms in total. The van der Waals surface area contributed by atoms with Crippen LogP contribution in [0.3, 0.4) is 0 Å². The van der Waals surface area contributed by atoms with Crippen LogP contribution < -0.4 is 5.43 Å². The number of carbonyl (C=O) groups excluding carboxylic acids is 2. The highest BCUT2D eigenvalue weighted by Crippen LogP contribution is 2.41. The van der Waals surface area contributed by atoms with E-state index in [1.54, 1.807) is 0 Å². The molecule has 30 heavy (non-hydrogen) atoms. The van der Waals surface area contributed by atoms with E-state index in [-0.39, 0.29) is 25.2 Å². The van der Waals surface area contributed by atoms with Crippen molar-refractivity contribution in [2.24, 2.45) is 0 Å². The summed E-state index contributed by atoms with van der Waals surface area (Å²) in [6.45, 7) is 8.26. The highest BCUT2D eigenvalue weighted by atomic mass is 16.6. The third-order valence-corrected chi connectivity index (χ3v) is 5.78. The number of benzene rings is 2. The van der Waals surface area contributed by atoms with E-state index in [2.05, 4.69) is 25.3 Å². The maximum atomic E-state index is 13.4. The van der Waals surface area contributed by atoms with E-state index in [4.69, 9.17) is 4.74 Å². The Labute approximate surface area is 177 Å². The van der Waals surface area contributed by atoms with Gasteiger partial charge in [-0.1, -0.05) is 55.8 Å². The Bertz CT molecular complexity index is 924. The van der Waals surface area contributed by atoms with E-state index < -0.39 is 11.5 Å². The summed E-state index contributed by atoms with van der Waals surface area (Å²) in [4.78, 5) is 25.9. The van der Waals surface area contributed by atoms with Crippen LogP contribution in [0.4, 0.5) is 4.79 Å². The number of nitrogens with zero attached hydrogens (tertiary/aromatic N) is 1. The van der Waals surface area contributed by atoms with E-state index in [0.29, 0.717) is 18.4 Å². The predicted octanol–water partition coefficient (Wildman–Crippen LogP) is 4.02. The minimum Gasteiger partial charge on any atom is -0.443 e. The van der Waals surface area contributed by atoms with Gasteiger partial charge in [-0.25, -0.2) is 15.2 Å². The number of hydrazine groups is 1. The zero-order valence-corrected chi connectivity index (χ0v) is 18.1. The number of hydrogen-bond donors (Lipinski definition) is 2. The van der Waals surface area contributed by atoms with Gasteiger partial charge >= 0.3 is 6.09 Å². The zero-order chi connectivity index (χ0) is 21.9. The fourth-order valence-electron chi connectivity index (χ4n) is 4.51. The van der Waals surface area contributed by atoms with Crippen LogP contribution in [0.1, 0.15) is 59.3 Å². The highest BCUT2D eigenvalue weighted by Gasteiger charge is 2.46. The minimum atomic E-state index is -0.676. The molecule has 1 aliphatic rings. The van der Waals surface area contributed by atoms with Gasteiger partial charge in [-0.05, 0) is 49.4 Å². The van der Waals surface area contributed by atoms with Crippen molar-refractivity contribution in [1.82, 2.24) is 10.4 Å². The number of ether oxygens (including phenoxy) is 1. The summed E-state index contributed by atoms with van der Waals surface area (Å²) in [5.74, 6) is -0.254. The van der Waals surface area contributed by atoms with Gasteiger partial charge in [0.25, 0.3) is 5.91 Å². The van der Waals surface area contributed by atoms with Crippen molar-refractivity contribution in [3.63, 3.8) is 0 Å². The normalized spacial score (nSPS) is 17.4. The highest BCUT2D eigenvalue weighted by molar-refractivity contribution is 5.99. The number of hydrogen-bond acceptors (Lipinski definition) is 4. The van der Waals surface area contributed by atoms with Crippen LogP contribution >= 0.6 is 0 Å². The van der Waals surface area contributed by atoms with Crippen LogP contribution in [0.5, 0.6) is 0 Å². The maximum Gasteiger partial charge on any atom is 0.426 e. The van der Waals surface area contributed by atoms with Gasteiger partial charge in [-0.3, -0.25) is 4.79 Å². The molecule has 0 saturated carbocycles. The second-order valence-electron chi connectivity index (χ2n) is 8.46. The van der Waals surface area contributed by atoms with Crippen LogP contribution in [0.25, 0.3) is 0 Å². The molecule has 0 bridgehead atoms. The molecular weight excluding hydrogens is 380 g/mol. The molecule has 2 N–H and O–H groups in total. The third kappa shape index (κ3) is 4.33. The number of aliphatic hydroxyl groups excluding tert-OH is 1. The molecule has 0 aromatic heterocycles. The standard InChI is InChI=1S/C24H30N2O4/c1-16-13-17(2)21-19(14-16)22(28)26(20(11-8-12-27)24(21,3)4)25-23(29)30-15-18-9-6-5-7-10-18/h5-7,9-10,13-14,20,27H,8,11-12,15H2,1-4H3,(H,25,29)/t20-/m1/s1. The third-order valence-electron chi connectivity index (χ3n) is 5.78. The first kappa shape index (κ1) is 21.8. The van der Waals surface area contributed by atoms with Crippen molar-refractivity contribution in [2.45, 2.75) is 58.6 Å². The summed E-state index contributed by atoms with van der Waals surface area (Å²) in [5, 5.41) is 10.8. The Balaban J connectivity index is 1.88. The molecule has 2 aromatic carbocycles. The second kappa shape index (κ2) is 8.88. The largest absolute Gasteiger partial charge is 0.443 e.